The number of amides is 1. The van der Waals surface area contributed by atoms with Crippen molar-refractivity contribution in [3.8, 4) is 0 Å². The molecule has 104 valence electrons. The molecule has 1 aliphatic heterocycles. The average Bonchev–Trinajstić information content (AvgIpc) is 2.91. The molecule has 1 saturated heterocycles. The van der Waals surface area contributed by atoms with Crippen molar-refractivity contribution >= 4 is 27.7 Å². The summed E-state index contributed by atoms with van der Waals surface area (Å²) >= 11 is 3.34. The molecular formula is C13H18BrN3O2. The highest BCUT2D eigenvalue weighted by atomic mass is 79.9. The number of ether oxygens (including phenoxy) is 1. The van der Waals surface area contributed by atoms with Gasteiger partial charge in [-0.2, -0.15) is 0 Å². The first-order valence-corrected chi connectivity index (χ1v) is 7.29. The monoisotopic (exact) mass is 327 g/mol. The highest BCUT2D eigenvalue weighted by Crippen LogP contribution is 2.18. The molecule has 1 aromatic rings. The predicted octanol–water partition coefficient (Wildman–Crippen LogP) is 2.18. The van der Waals surface area contributed by atoms with Gasteiger partial charge in [-0.25, -0.2) is 4.98 Å². The summed E-state index contributed by atoms with van der Waals surface area (Å²) in [5, 5.41) is 5.99. The molecule has 0 radical (unpaired) electrons. The van der Waals surface area contributed by atoms with Crippen molar-refractivity contribution in [2.45, 2.75) is 25.9 Å². The van der Waals surface area contributed by atoms with E-state index in [2.05, 4.69) is 31.5 Å². The maximum atomic E-state index is 12.2. The van der Waals surface area contributed by atoms with Crippen molar-refractivity contribution in [2.24, 2.45) is 0 Å². The van der Waals surface area contributed by atoms with E-state index in [4.69, 9.17) is 4.74 Å². The van der Waals surface area contributed by atoms with Crippen LogP contribution in [0.3, 0.4) is 0 Å². The van der Waals surface area contributed by atoms with Crippen molar-refractivity contribution in [1.29, 1.82) is 0 Å². The van der Waals surface area contributed by atoms with Gasteiger partial charge in [0.15, 0.2) is 0 Å². The van der Waals surface area contributed by atoms with Crippen LogP contribution in [0.15, 0.2) is 16.7 Å². The van der Waals surface area contributed by atoms with E-state index in [1.165, 1.54) is 0 Å². The van der Waals surface area contributed by atoms with E-state index in [9.17, 15) is 4.79 Å². The molecule has 0 saturated carbocycles. The van der Waals surface area contributed by atoms with Crippen LogP contribution in [0.2, 0.25) is 0 Å². The molecule has 2 N–H and O–H groups in total. The summed E-state index contributed by atoms with van der Waals surface area (Å²) in [6.45, 7) is 4.04. The Morgan fingerprint density at radius 3 is 3.16 bits per heavy atom. The lowest BCUT2D eigenvalue weighted by atomic mass is 10.2. The van der Waals surface area contributed by atoms with E-state index in [1.54, 1.807) is 12.3 Å². The van der Waals surface area contributed by atoms with E-state index in [1.807, 2.05) is 6.92 Å². The zero-order valence-electron chi connectivity index (χ0n) is 10.9. The fraction of sp³-hybridized carbons (Fsp3) is 0.538. The third-order valence-electron chi connectivity index (χ3n) is 2.96. The summed E-state index contributed by atoms with van der Waals surface area (Å²) in [4.78, 5) is 16.4. The Morgan fingerprint density at radius 1 is 1.63 bits per heavy atom. The van der Waals surface area contributed by atoms with Crippen LogP contribution in [-0.2, 0) is 4.74 Å². The minimum absolute atomic E-state index is 0.125. The minimum atomic E-state index is -0.125. The molecule has 2 rings (SSSR count). The molecule has 5 nitrogen and oxygen atoms in total. The van der Waals surface area contributed by atoms with Crippen LogP contribution in [0.25, 0.3) is 0 Å². The summed E-state index contributed by atoms with van der Waals surface area (Å²) in [5.41, 5.74) is 0.550. The smallest absolute Gasteiger partial charge is 0.255 e. The van der Waals surface area contributed by atoms with E-state index in [0.717, 1.165) is 30.5 Å². The van der Waals surface area contributed by atoms with E-state index >= 15 is 0 Å². The first-order chi connectivity index (χ1) is 9.20. The second-order valence-corrected chi connectivity index (χ2v) is 5.34. The second kappa shape index (κ2) is 6.86. The molecule has 1 amide bonds. The zero-order chi connectivity index (χ0) is 13.7. The Balaban J connectivity index is 2.02. The summed E-state index contributed by atoms with van der Waals surface area (Å²) in [7, 11) is 0. The number of pyridine rings is 1. The number of nitrogens with one attached hydrogen (secondary N) is 2. The number of aromatic nitrogens is 1. The number of anilines is 1. The van der Waals surface area contributed by atoms with Crippen molar-refractivity contribution in [3.05, 3.63) is 22.3 Å². The summed E-state index contributed by atoms with van der Waals surface area (Å²) in [6, 6.07) is 1.77. The minimum Gasteiger partial charge on any atom is -0.376 e. The van der Waals surface area contributed by atoms with Crippen LogP contribution in [-0.4, -0.2) is 36.7 Å². The number of halogens is 1. The van der Waals surface area contributed by atoms with Crippen molar-refractivity contribution in [1.82, 2.24) is 10.3 Å². The van der Waals surface area contributed by atoms with Gasteiger partial charge in [-0.15, -0.1) is 0 Å². The molecule has 0 aromatic carbocycles. The SMILES string of the molecule is CCNc1ncc(Br)cc1C(=O)NCC1CCCO1. The molecule has 2 heterocycles. The number of hydrogen-bond donors (Lipinski definition) is 2. The van der Waals surface area contributed by atoms with Crippen molar-refractivity contribution in [3.63, 3.8) is 0 Å². The first kappa shape index (κ1) is 14.3. The fourth-order valence-electron chi connectivity index (χ4n) is 2.03. The van der Waals surface area contributed by atoms with Gasteiger partial charge >= 0.3 is 0 Å². The molecular weight excluding hydrogens is 310 g/mol. The highest BCUT2D eigenvalue weighted by molar-refractivity contribution is 9.10. The van der Waals surface area contributed by atoms with Gasteiger partial charge in [0.05, 0.1) is 11.7 Å². The van der Waals surface area contributed by atoms with Gasteiger partial charge in [0, 0.05) is 30.4 Å². The first-order valence-electron chi connectivity index (χ1n) is 6.50. The fourth-order valence-corrected chi connectivity index (χ4v) is 2.36. The van der Waals surface area contributed by atoms with Gasteiger partial charge in [-0.3, -0.25) is 4.79 Å². The number of rotatable bonds is 5. The molecule has 1 unspecified atom stereocenters. The highest BCUT2D eigenvalue weighted by Gasteiger charge is 2.18. The maximum absolute atomic E-state index is 12.2. The van der Waals surface area contributed by atoms with Gasteiger partial charge in [0.2, 0.25) is 0 Å². The summed E-state index contributed by atoms with van der Waals surface area (Å²) in [6.07, 6.45) is 3.90. The molecule has 1 fully saturated rings. The molecule has 1 aromatic heterocycles. The number of carbonyl (C=O) groups excluding carboxylic acids is 1. The van der Waals surface area contributed by atoms with E-state index in [0.29, 0.717) is 17.9 Å². The Hall–Kier alpha value is -1.14. The standard InChI is InChI=1S/C13H18BrN3O2/c1-2-15-12-11(6-9(14)7-16-12)13(18)17-8-10-4-3-5-19-10/h6-7,10H,2-5,8H2,1H3,(H,15,16)(H,17,18). The van der Waals surface area contributed by atoms with Crippen molar-refractivity contribution < 1.29 is 9.53 Å². The lowest BCUT2D eigenvalue weighted by Gasteiger charge is -2.13. The Morgan fingerprint density at radius 2 is 2.47 bits per heavy atom. The Kier molecular flexibility index (Phi) is 5.15. The number of nitrogens with zero attached hydrogens (tertiary/aromatic N) is 1. The van der Waals surface area contributed by atoms with Crippen LogP contribution in [0.1, 0.15) is 30.1 Å². The molecule has 6 heteroatoms. The molecule has 1 aliphatic rings. The Bertz CT molecular complexity index is 448. The molecule has 0 aliphatic carbocycles. The van der Waals surface area contributed by atoms with Gasteiger partial charge in [-0.1, -0.05) is 0 Å². The second-order valence-electron chi connectivity index (χ2n) is 4.43. The van der Waals surface area contributed by atoms with Gasteiger partial charge in [-0.05, 0) is 41.8 Å². The van der Waals surface area contributed by atoms with Crippen LogP contribution in [0.5, 0.6) is 0 Å². The van der Waals surface area contributed by atoms with E-state index in [-0.39, 0.29) is 12.0 Å². The summed E-state index contributed by atoms with van der Waals surface area (Å²) in [5.74, 6) is 0.482. The Labute approximate surface area is 121 Å². The third-order valence-corrected chi connectivity index (χ3v) is 3.39. The van der Waals surface area contributed by atoms with Gasteiger partial charge in [0.25, 0.3) is 5.91 Å². The molecule has 0 spiro atoms. The normalized spacial score (nSPS) is 18.3. The number of carbonyl (C=O) groups is 1. The van der Waals surface area contributed by atoms with Crippen LogP contribution in [0.4, 0.5) is 5.82 Å². The van der Waals surface area contributed by atoms with Gasteiger partial charge in [0.1, 0.15) is 5.82 Å². The third kappa shape index (κ3) is 3.91. The predicted molar refractivity (Wildman–Crippen MR) is 77.4 cm³/mol. The largest absolute Gasteiger partial charge is 0.376 e. The van der Waals surface area contributed by atoms with E-state index < -0.39 is 0 Å². The molecule has 0 bridgehead atoms. The number of hydrogen-bond acceptors (Lipinski definition) is 4. The lowest BCUT2D eigenvalue weighted by Crippen LogP contribution is -2.32. The van der Waals surface area contributed by atoms with Crippen LogP contribution >= 0.6 is 15.9 Å². The van der Waals surface area contributed by atoms with Gasteiger partial charge < -0.3 is 15.4 Å². The van der Waals surface area contributed by atoms with Crippen LogP contribution in [0, 0.1) is 0 Å². The average molecular weight is 328 g/mol. The maximum Gasteiger partial charge on any atom is 0.255 e. The topological polar surface area (TPSA) is 63.2 Å². The molecule has 1 atom stereocenters. The lowest BCUT2D eigenvalue weighted by molar-refractivity contribution is 0.0858. The quantitative estimate of drug-likeness (QED) is 0.870. The summed E-state index contributed by atoms with van der Waals surface area (Å²) < 4.78 is 6.27. The zero-order valence-corrected chi connectivity index (χ0v) is 12.5. The van der Waals surface area contributed by atoms with Crippen LogP contribution < -0.4 is 10.6 Å². The molecule has 19 heavy (non-hydrogen) atoms. The van der Waals surface area contributed by atoms with Crippen molar-refractivity contribution in [2.75, 3.05) is 25.0 Å².